The summed E-state index contributed by atoms with van der Waals surface area (Å²) in [6.07, 6.45) is 0. The molecule has 0 bridgehead atoms. The largest absolute Gasteiger partial charge is 0.497 e. The third-order valence-electron chi connectivity index (χ3n) is 3.91. The molecular weight excluding hydrogens is 250 g/mol. The zero-order chi connectivity index (χ0) is 13.9. The van der Waals surface area contributed by atoms with Crippen LogP contribution in [-0.2, 0) is 6.54 Å². The van der Waals surface area contributed by atoms with E-state index in [-0.39, 0.29) is 0 Å². The molecule has 3 rings (SSSR count). The molecule has 3 nitrogen and oxygen atoms in total. The predicted octanol–water partition coefficient (Wildman–Crippen LogP) is 2.94. The molecule has 0 saturated heterocycles. The number of hydrogen-bond acceptors (Lipinski definition) is 3. The highest BCUT2D eigenvalue weighted by Gasteiger charge is 2.24. The molecule has 0 saturated carbocycles. The monoisotopic (exact) mass is 269 g/mol. The van der Waals surface area contributed by atoms with Crippen LogP contribution in [0.5, 0.6) is 11.5 Å². The minimum Gasteiger partial charge on any atom is -0.497 e. The van der Waals surface area contributed by atoms with Gasteiger partial charge in [-0.2, -0.15) is 0 Å². The second-order valence-electron chi connectivity index (χ2n) is 4.99. The Morgan fingerprint density at radius 3 is 2.65 bits per heavy atom. The Hall–Kier alpha value is -2.00. The van der Waals surface area contributed by atoms with Crippen LogP contribution in [0.1, 0.15) is 22.6 Å². The van der Waals surface area contributed by atoms with E-state index in [1.165, 1.54) is 16.7 Å². The molecule has 0 fully saturated rings. The van der Waals surface area contributed by atoms with Crippen LogP contribution in [0.15, 0.2) is 42.5 Å². The summed E-state index contributed by atoms with van der Waals surface area (Å²) >= 11 is 0. The molecular formula is C17H19NO2. The minimum absolute atomic E-state index is 0.320. The van der Waals surface area contributed by atoms with Gasteiger partial charge >= 0.3 is 0 Å². The fraction of sp³-hybridized carbons (Fsp3) is 0.294. The molecule has 104 valence electrons. The van der Waals surface area contributed by atoms with Crippen LogP contribution in [0.25, 0.3) is 0 Å². The van der Waals surface area contributed by atoms with Crippen molar-refractivity contribution in [3.63, 3.8) is 0 Å². The lowest BCUT2D eigenvalue weighted by atomic mass is 9.85. The Bertz CT molecular complexity index is 610. The van der Waals surface area contributed by atoms with Crippen molar-refractivity contribution in [3.05, 3.63) is 59.2 Å². The van der Waals surface area contributed by atoms with Crippen molar-refractivity contribution in [1.82, 2.24) is 5.32 Å². The van der Waals surface area contributed by atoms with Gasteiger partial charge < -0.3 is 14.8 Å². The van der Waals surface area contributed by atoms with Crippen molar-refractivity contribution in [2.45, 2.75) is 12.5 Å². The van der Waals surface area contributed by atoms with Crippen LogP contribution in [0.2, 0.25) is 0 Å². The van der Waals surface area contributed by atoms with E-state index in [1.807, 2.05) is 12.1 Å². The molecule has 0 spiro atoms. The first-order chi connectivity index (χ1) is 9.83. The number of methoxy groups -OCH3 is 2. The summed E-state index contributed by atoms with van der Waals surface area (Å²) in [4.78, 5) is 0. The fourth-order valence-electron chi connectivity index (χ4n) is 2.88. The van der Waals surface area contributed by atoms with E-state index in [2.05, 4.69) is 35.6 Å². The van der Waals surface area contributed by atoms with Gasteiger partial charge in [0, 0.05) is 30.6 Å². The van der Waals surface area contributed by atoms with Gasteiger partial charge in [-0.1, -0.05) is 30.3 Å². The summed E-state index contributed by atoms with van der Waals surface area (Å²) in [6, 6.07) is 14.6. The normalized spacial score (nSPS) is 17.4. The molecule has 1 aliphatic heterocycles. The second-order valence-corrected chi connectivity index (χ2v) is 4.99. The third kappa shape index (κ3) is 2.25. The molecule has 20 heavy (non-hydrogen) atoms. The maximum absolute atomic E-state index is 5.55. The standard InChI is InChI=1S/C17H19NO2/c1-19-13-7-8-15(17(9-13)20-2)16-11-18-10-12-5-3-4-6-14(12)16/h3-9,16,18H,10-11H2,1-2H3. The maximum atomic E-state index is 5.55. The van der Waals surface area contributed by atoms with Crippen molar-refractivity contribution >= 4 is 0 Å². The summed E-state index contributed by atoms with van der Waals surface area (Å²) in [6.45, 7) is 1.87. The van der Waals surface area contributed by atoms with Gasteiger partial charge in [0.05, 0.1) is 14.2 Å². The lowest BCUT2D eigenvalue weighted by Gasteiger charge is -2.28. The SMILES string of the molecule is COc1ccc(C2CNCc3ccccc32)c(OC)c1. The van der Waals surface area contributed by atoms with E-state index in [0.29, 0.717) is 5.92 Å². The Kier molecular flexibility index (Phi) is 3.61. The second kappa shape index (κ2) is 5.55. The van der Waals surface area contributed by atoms with Crippen molar-refractivity contribution in [1.29, 1.82) is 0 Å². The summed E-state index contributed by atoms with van der Waals surface area (Å²) in [5.74, 6) is 2.02. The first kappa shape index (κ1) is 13.0. The third-order valence-corrected chi connectivity index (χ3v) is 3.91. The summed E-state index contributed by atoms with van der Waals surface area (Å²) in [5.41, 5.74) is 3.95. The molecule has 2 aromatic carbocycles. The molecule has 0 aliphatic carbocycles. The van der Waals surface area contributed by atoms with E-state index in [1.54, 1.807) is 14.2 Å². The Morgan fingerprint density at radius 2 is 1.85 bits per heavy atom. The Morgan fingerprint density at radius 1 is 1.00 bits per heavy atom. The number of benzene rings is 2. The van der Waals surface area contributed by atoms with Crippen LogP contribution in [-0.4, -0.2) is 20.8 Å². The van der Waals surface area contributed by atoms with Crippen LogP contribution >= 0.6 is 0 Å². The average molecular weight is 269 g/mol. The molecule has 1 N–H and O–H groups in total. The molecule has 1 atom stereocenters. The van der Waals surface area contributed by atoms with E-state index in [0.717, 1.165) is 24.6 Å². The topological polar surface area (TPSA) is 30.5 Å². The van der Waals surface area contributed by atoms with Gasteiger partial charge in [0.2, 0.25) is 0 Å². The van der Waals surface area contributed by atoms with Gasteiger partial charge in [-0.15, -0.1) is 0 Å². The number of nitrogens with one attached hydrogen (secondary N) is 1. The van der Waals surface area contributed by atoms with E-state index < -0.39 is 0 Å². The number of hydrogen-bond donors (Lipinski definition) is 1. The van der Waals surface area contributed by atoms with Gasteiger partial charge in [0.15, 0.2) is 0 Å². The first-order valence-electron chi connectivity index (χ1n) is 6.84. The lowest BCUT2D eigenvalue weighted by Crippen LogP contribution is -2.28. The average Bonchev–Trinajstić information content (AvgIpc) is 2.53. The lowest BCUT2D eigenvalue weighted by molar-refractivity contribution is 0.388. The van der Waals surface area contributed by atoms with Crippen LogP contribution in [0.3, 0.4) is 0 Å². The molecule has 1 heterocycles. The molecule has 0 radical (unpaired) electrons. The van der Waals surface area contributed by atoms with E-state index in [9.17, 15) is 0 Å². The summed E-state index contributed by atoms with van der Waals surface area (Å²) < 4.78 is 10.8. The van der Waals surface area contributed by atoms with Gasteiger partial charge in [-0.25, -0.2) is 0 Å². The smallest absolute Gasteiger partial charge is 0.126 e. The maximum Gasteiger partial charge on any atom is 0.126 e. The van der Waals surface area contributed by atoms with E-state index >= 15 is 0 Å². The molecule has 3 heteroatoms. The van der Waals surface area contributed by atoms with Gasteiger partial charge in [0.25, 0.3) is 0 Å². The van der Waals surface area contributed by atoms with Crippen molar-refractivity contribution in [2.75, 3.05) is 20.8 Å². The first-order valence-corrected chi connectivity index (χ1v) is 6.84. The minimum atomic E-state index is 0.320. The zero-order valence-corrected chi connectivity index (χ0v) is 11.8. The number of ether oxygens (including phenoxy) is 2. The zero-order valence-electron chi connectivity index (χ0n) is 11.8. The molecule has 0 amide bonds. The summed E-state index contributed by atoms with van der Waals surface area (Å²) in [5, 5.41) is 3.48. The molecule has 2 aromatic rings. The van der Waals surface area contributed by atoms with Crippen LogP contribution in [0, 0.1) is 0 Å². The number of rotatable bonds is 3. The van der Waals surface area contributed by atoms with Crippen molar-refractivity contribution < 1.29 is 9.47 Å². The van der Waals surface area contributed by atoms with Crippen LogP contribution in [0.4, 0.5) is 0 Å². The van der Waals surface area contributed by atoms with Crippen LogP contribution < -0.4 is 14.8 Å². The Labute approximate surface area is 119 Å². The summed E-state index contributed by atoms with van der Waals surface area (Å²) in [7, 11) is 3.38. The van der Waals surface area contributed by atoms with Gasteiger partial charge in [-0.3, -0.25) is 0 Å². The highest BCUT2D eigenvalue weighted by atomic mass is 16.5. The quantitative estimate of drug-likeness (QED) is 0.929. The Balaban J connectivity index is 2.06. The highest BCUT2D eigenvalue weighted by molar-refractivity contribution is 5.49. The highest BCUT2D eigenvalue weighted by Crippen LogP contribution is 2.36. The number of fused-ring (bicyclic) bond motifs is 1. The van der Waals surface area contributed by atoms with Gasteiger partial charge in [0.1, 0.15) is 11.5 Å². The van der Waals surface area contributed by atoms with Crippen molar-refractivity contribution in [3.8, 4) is 11.5 Å². The van der Waals surface area contributed by atoms with E-state index in [4.69, 9.17) is 9.47 Å². The molecule has 1 unspecified atom stereocenters. The van der Waals surface area contributed by atoms with Crippen molar-refractivity contribution in [2.24, 2.45) is 0 Å². The molecule has 0 aromatic heterocycles. The van der Waals surface area contributed by atoms with Gasteiger partial charge in [-0.05, 0) is 17.2 Å². The molecule has 1 aliphatic rings. The fourth-order valence-corrected chi connectivity index (χ4v) is 2.88. The predicted molar refractivity (Wildman–Crippen MR) is 79.5 cm³/mol.